The number of nitrogens with one attached hydrogen (secondary N) is 1. The molecule has 0 aliphatic carbocycles. The lowest BCUT2D eigenvalue weighted by Crippen LogP contribution is -2.18. The summed E-state index contributed by atoms with van der Waals surface area (Å²) in [4.78, 5) is 0. The predicted molar refractivity (Wildman–Crippen MR) is 95.0 cm³/mol. The molecule has 0 radical (unpaired) electrons. The van der Waals surface area contributed by atoms with Crippen molar-refractivity contribution in [3.8, 4) is 11.5 Å². The normalized spacial score (nSPS) is 12.2. The summed E-state index contributed by atoms with van der Waals surface area (Å²) in [5.41, 5.74) is 2.47. The van der Waals surface area contributed by atoms with E-state index in [1.165, 1.54) is 11.1 Å². The molecule has 2 aromatic rings. The van der Waals surface area contributed by atoms with E-state index in [-0.39, 0.29) is 0 Å². The number of rotatable bonds is 8. The Labute approximate surface area is 139 Å². The Morgan fingerprint density at radius 1 is 0.957 bits per heavy atom. The number of ether oxygens (including phenoxy) is 2. The van der Waals surface area contributed by atoms with Crippen molar-refractivity contribution in [1.29, 1.82) is 0 Å². The van der Waals surface area contributed by atoms with Crippen LogP contribution in [0.25, 0.3) is 0 Å². The summed E-state index contributed by atoms with van der Waals surface area (Å²) in [7, 11) is 1.68. The fourth-order valence-electron chi connectivity index (χ4n) is 2.33. The zero-order valence-corrected chi connectivity index (χ0v) is 14.5. The quantitative estimate of drug-likeness (QED) is 0.773. The van der Waals surface area contributed by atoms with Crippen molar-refractivity contribution < 1.29 is 9.47 Å². The van der Waals surface area contributed by atoms with Crippen LogP contribution in [-0.2, 0) is 6.54 Å². The van der Waals surface area contributed by atoms with Gasteiger partial charge in [0.2, 0.25) is 0 Å². The number of methoxy groups -OCH3 is 1. The molecule has 0 fully saturated rings. The summed E-state index contributed by atoms with van der Waals surface area (Å²) in [5, 5.41) is 3.54. The highest BCUT2D eigenvalue weighted by molar-refractivity contribution is 5.43. The molecule has 0 bridgehead atoms. The smallest absolute Gasteiger partial charge is 0.161 e. The zero-order chi connectivity index (χ0) is 16.7. The van der Waals surface area contributed by atoms with Gasteiger partial charge in [-0.15, -0.1) is 0 Å². The van der Waals surface area contributed by atoms with E-state index in [4.69, 9.17) is 9.47 Å². The first-order valence-corrected chi connectivity index (χ1v) is 8.18. The molecule has 0 saturated carbocycles. The minimum atomic E-state index is 0.305. The van der Waals surface area contributed by atoms with E-state index in [0.29, 0.717) is 18.6 Å². The van der Waals surface area contributed by atoms with Gasteiger partial charge in [0.15, 0.2) is 11.5 Å². The van der Waals surface area contributed by atoms with Gasteiger partial charge in [-0.3, -0.25) is 0 Å². The molecular formula is C20H27NO2. The Morgan fingerprint density at radius 2 is 1.70 bits per heavy atom. The molecule has 0 saturated heterocycles. The first-order valence-electron chi connectivity index (χ1n) is 8.18. The lowest BCUT2D eigenvalue weighted by atomic mass is 10.1. The summed E-state index contributed by atoms with van der Waals surface area (Å²) in [6, 6.07) is 16.9. The van der Waals surface area contributed by atoms with E-state index in [1.807, 2.05) is 18.2 Å². The van der Waals surface area contributed by atoms with Crippen LogP contribution in [0.4, 0.5) is 0 Å². The maximum atomic E-state index is 5.79. The molecule has 23 heavy (non-hydrogen) atoms. The molecule has 124 valence electrons. The molecule has 0 spiro atoms. The molecule has 2 rings (SSSR count). The second-order valence-corrected chi connectivity index (χ2v) is 6.20. The van der Waals surface area contributed by atoms with Crippen molar-refractivity contribution >= 4 is 0 Å². The standard InChI is InChI=1S/C20H27NO2/c1-15(2)14-23-19-11-10-17(12-20(19)22-4)13-21-16(3)18-8-6-5-7-9-18/h5-12,15-16,21H,13-14H2,1-4H3/t16-/m1/s1. The van der Waals surface area contributed by atoms with Gasteiger partial charge in [-0.2, -0.15) is 0 Å². The highest BCUT2D eigenvalue weighted by atomic mass is 16.5. The van der Waals surface area contributed by atoms with E-state index in [9.17, 15) is 0 Å². The molecular weight excluding hydrogens is 286 g/mol. The van der Waals surface area contributed by atoms with E-state index in [2.05, 4.69) is 56.4 Å². The second-order valence-electron chi connectivity index (χ2n) is 6.20. The summed E-state index contributed by atoms with van der Waals surface area (Å²) >= 11 is 0. The highest BCUT2D eigenvalue weighted by Gasteiger charge is 2.08. The third kappa shape index (κ3) is 5.29. The van der Waals surface area contributed by atoms with Crippen LogP contribution in [0, 0.1) is 5.92 Å². The Bertz CT molecular complexity index is 596. The van der Waals surface area contributed by atoms with Gasteiger partial charge in [-0.25, -0.2) is 0 Å². The molecule has 0 amide bonds. The fourth-order valence-corrected chi connectivity index (χ4v) is 2.33. The predicted octanol–water partition coefficient (Wildman–Crippen LogP) is 4.58. The van der Waals surface area contributed by atoms with Crippen LogP contribution in [0.15, 0.2) is 48.5 Å². The first-order chi connectivity index (χ1) is 11.1. The van der Waals surface area contributed by atoms with Gasteiger partial charge in [-0.05, 0) is 36.1 Å². The summed E-state index contributed by atoms with van der Waals surface area (Å²) < 4.78 is 11.3. The van der Waals surface area contributed by atoms with Crippen LogP contribution >= 0.6 is 0 Å². The summed E-state index contributed by atoms with van der Waals surface area (Å²) in [5.74, 6) is 2.09. The van der Waals surface area contributed by atoms with Gasteiger partial charge < -0.3 is 14.8 Å². The van der Waals surface area contributed by atoms with Gasteiger partial charge in [0.25, 0.3) is 0 Å². The lowest BCUT2D eigenvalue weighted by molar-refractivity contribution is 0.256. The van der Waals surface area contributed by atoms with Crippen molar-refractivity contribution in [2.45, 2.75) is 33.4 Å². The van der Waals surface area contributed by atoms with E-state index < -0.39 is 0 Å². The second kappa shape index (κ2) is 8.59. The molecule has 0 aromatic heterocycles. The minimum Gasteiger partial charge on any atom is -0.493 e. The summed E-state index contributed by atoms with van der Waals surface area (Å²) in [6.07, 6.45) is 0. The largest absolute Gasteiger partial charge is 0.493 e. The highest BCUT2D eigenvalue weighted by Crippen LogP contribution is 2.28. The van der Waals surface area contributed by atoms with Crippen LogP contribution < -0.4 is 14.8 Å². The molecule has 0 heterocycles. The first kappa shape index (κ1) is 17.4. The van der Waals surface area contributed by atoms with Crippen LogP contribution in [-0.4, -0.2) is 13.7 Å². The molecule has 0 unspecified atom stereocenters. The van der Waals surface area contributed by atoms with Gasteiger partial charge in [-0.1, -0.05) is 50.2 Å². The van der Waals surface area contributed by atoms with E-state index >= 15 is 0 Å². The monoisotopic (exact) mass is 313 g/mol. The molecule has 3 heteroatoms. The van der Waals surface area contributed by atoms with Crippen molar-refractivity contribution in [3.05, 3.63) is 59.7 Å². The maximum absolute atomic E-state index is 5.79. The fraction of sp³-hybridized carbons (Fsp3) is 0.400. The number of hydrogen-bond donors (Lipinski definition) is 1. The van der Waals surface area contributed by atoms with Gasteiger partial charge in [0.1, 0.15) is 0 Å². The van der Waals surface area contributed by atoms with Crippen LogP contribution in [0.3, 0.4) is 0 Å². The SMILES string of the molecule is COc1cc(CN[C@H](C)c2ccccc2)ccc1OCC(C)C. The van der Waals surface area contributed by atoms with E-state index in [1.54, 1.807) is 7.11 Å². The topological polar surface area (TPSA) is 30.5 Å². The molecule has 3 nitrogen and oxygen atoms in total. The molecule has 1 N–H and O–H groups in total. The average Bonchev–Trinajstić information content (AvgIpc) is 2.58. The number of benzene rings is 2. The Balaban J connectivity index is 1.97. The van der Waals surface area contributed by atoms with E-state index in [0.717, 1.165) is 18.0 Å². The van der Waals surface area contributed by atoms with Gasteiger partial charge in [0, 0.05) is 12.6 Å². The molecule has 0 aliphatic rings. The molecule has 0 aliphatic heterocycles. The Kier molecular flexibility index (Phi) is 6.48. The maximum Gasteiger partial charge on any atom is 0.161 e. The van der Waals surface area contributed by atoms with Crippen LogP contribution in [0.1, 0.15) is 37.9 Å². The Hall–Kier alpha value is -2.00. The zero-order valence-electron chi connectivity index (χ0n) is 14.5. The van der Waals surface area contributed by atoms with Crippen molar-refractivity contribution in [2.75, 3.05) is 13.7 Å². The van der Waals surface area contributed by atoms with Crippen molar-refractivity contribution in [3.63, 3.8) is 0 Å². The van der Waals surface area contributed by atoms with Crippen molar-refractivity contribution in [2.24, 2.45) is 5.92 Å². The van der Waals surface area contributed by atoms with Crippen molar-refractivity contribution in [1.82, 2.24) is 5.32 Å². The third-order valence-electron chi connectivity index (χ3n) is 3.71. The Morgan fingerprint density at radius 3 is 2.35 bits per heavy atom. The minimum absolute atomic E-state index is 0.305. The average molecular weight is 313 g/mol. The lowest BCUT2D eigenvalue weighted by Gasteiger charge is -2.16. The number of hydrogen-bond acceptors (Lipinski definition) is 3. The third-order valence-corrected chi connectivity index (χ3v) is 3.71. The molecule has 1 atom stereocenters. The van der Waals surface area contributed by atoms with Gasteiger partial charge in [0.05, 0.1) is 13.7 Å². The van der Waals surface area contributed by atoms with Gasteiger partial charge >= 0.3 is 0 Å². The van der Waals surface area contributed by atoms with Crippen LogP contribution in [0.5, 0.6) is 11.5 Å². The summed E-state index contributed by atoms with van der Waals surface area (Å²) in [6.45, 7) is 7.92. The van der Waals surface area contributed by atoms with Crippen LogP contribution in [0.2, 0.25) is 0 Å². The molecule has 2 aromatic carbocycles.